The first-order valence-electron chi connectivity index (χ1n) is 6.99. The van der Waals surface area contributed by atoms with Crippen molar-refractivity contribution in [3.8, 4) is 0 Å². The molecule has 1 N–H and O–H groups in total. The van der Waals surface area contributed by atoms with E-state index >= 15 is 0 Å². The number of unbranched alkanes of at least 4 members (excludes halogenated alkanes) is 1. The number of nitrogens with one attached hydrogen (secondary N) is 1. The summed E-state index contributed by atoms with van der Waals surface area (Å²) >= 11 is 6.43. The Kier molecular flexibility index (Phi) is 6.05. The van der Waals surface area contributed by atoms with Crippen molar-refractivity contribution in [1.29, 1.82) is 0 Å². The molecule has 0 aromatic heterocycles. The number of rotatable bonds is 7. The van der Waals surface area contributed by atoms with Crippen LogP contribution in [0.4, 0.5) is 11.4 Å². The molecule has 0 spiro atoms. The van der Waals surface area contributed by atoms with E-state index in [9.17, 15) is 19.7 Å². The van der Waals surface area contributed by atoms with Crippen LogP contribution in [0.1, 0.15) is 19.3 Å². The monoisotopic (exact) mass is 353 g/mol. The van der Waals surface area contributed by atoms with Crippen molar-refractivity contribution in [2.45, 2.75) is 19.3 Å². The summed E-state index contributed by atoms with van der Waals surface area (Å²) in [5.41, 5.74) is 0.331. The molecule has 1 heterocycles. The number of nitrogens with zero attached hydrogens (tertiary/aromatic N) is 2. The number of hydrogen-bond acceptors (Lipinski definition) is 6. The molecule has 0 bridgehead atoms. The lowest BCUT2D eigenvalue weighted by Crippen LogP contribution is -2.29. The summed E-state index contributed by atoms with van der Waals surface area (Å²) in [7, 11) is 0. The molecule has 9 heteroatoms. The fraction of sp³-hybridized carbons (Fsp3) is 0.357. The number of nitro groups is 1. The molecule has 1 fully saturated rings. The van der Waals surface area contributed by atoms with Crippen molar-refractivity contribution in [2.75, 3.05) is 17.6 Å². The largest absolute Gasteiger partial charge is 0.326 e. The second-order valence-electron chi connectivity index (χ2n) is 4.91. The van der Waals surface area contributed by atoms with E-state index in [4.69, 9.17) is 12.2 Å². The van der Waals surface area contributed by atoms with Gasteiger partial charge in [0.25, 0.3) is 5.69 Å². The fourth-order valence-corrected chi connectivity index (χ4v) is 3.19. The number of thioether (sulfide) groups is 1. The first-order valence-corrected chi connectivity index (χ1v) is 8.38. The number of anilines is 1. The lowest BCUT2D eigenvalue weighted by Gasteiger charge is -2.14. The van der Waals surface area contributed by atoms with E-state index in [0.29, 0.717) is 35.1 Å². The van der Waals surface area contributed by atoms with E-state index in [-0.39, 0.29) is 23.9 Å². The molecule has 1 aliphatic heterocycles. The summed E-state index contributed by atoms with van der Waals surface area (Å²) in [6.07, 6.45) is 1.57. The fourth-order valence-electron chi connectivity index (χ4n) is 2.07. The highest BCUT2D eigenvalue weighted by Gasteiger charge is 2.25. The molecule has 0 saturated carbocycles. The maximum absolute atomic E-state index is 11.8. The Morgan fingerprint density at radius 3 is 2.87 bits per heavy atom. The topological polar surface area (TPSA) is 92.6 Å². The van der Waals surface area contributed by atoms with Gasteiger partial charge in [0, 0.05) is 30.8 Å². The average molecular weight is 353 g/mol. The summed E-state index contributed by atoms with van der Waals surface area (Å²) < 4.78 is 0.594. The average Bonchev–Trinajstić information content (AvgIpc) is 2.83. The van der Waals surface area contributed by atoms with Gasteiger partial charge in [-0.15, -0.1) is 0 Å². The molecule has 122 valence electrons. The van der Waals surface area contributed by atoms with Gasteiger partial charge in [0.05, 0.1) is 10.7 Å². The van der Waals surface area contributed by atoms with Gasteiger partial charge in [0.2, 0.25) is 11.8 Å². The molecule has 23 heavy (non-hydrogen) atoms. The molecule has 7 nitrogen and oxygen atoms in total. The second-order valence-corrected chi connectivity index (χ2v) is 6.52. The van der Waals surface area contributed by atoms with E-state index < -0.39 is 4.92 Å². The van der Waals surface area contributed by atoms with Gasteiger partial charge in [-0.2, -0.15) is 0 Å². The van der Waals surface area contributed by atoms with Crippen molar-refractivity contribution < 1.29 is 14.5 Å². The third-order valence-corrected chi connectivity index (χ3v) is 4.65. The summed E-state index contributed by atoms with van der Waals surface area (Å²) in [6, 6.07) is 5.80. The highest BCUT2D eigenvalue weighted by atomic mass is 32.2. The van der Waals surface area contributed by atoms with Crippen LogP contribution >= 0.6 is 24.0 Å². The minimum absolute atomic E-state index is 0.0149. The Morgan fingerprint density at radius 1 is 1.43 bits per heavy atom. The Balaban J connectivity index is 1.73. The number of nitro benzene ring substituents is 1. The van der Waals surface area contributed by atoms with E-state index in [1.54, 1.807) is 11.0 Å². The van der Waals surface area contributed by atoms with Gasteiger partial charge in [0.15, 0.2) is 0 Å². The number of carbonyl (C=O) groups excluding carboxylic acids is 2. The van der Waals surface area contributed by atoms with Gasteiger partial charge < -0.3 is 5.32 Å². The predicted molar refractivity (Wildman–Crippen MR) is 92.3 cm³/mol. The molecule has 0 unspecified atom stereocenters. The molecule has 1 aliphatic rings. The zero-order valence-electron chi connectivity index (χ0n) is 12.2. The lowest BCUT2D eigenvalue weighted by atomic mass is 10.2. The zero-order chi connectivity index (χ0) is 16.8. The van der Waals surface area contributed by atoms with Crippen LogP contribution in [0.25, 0.3) is 0 Å². The summed E-state index contributed by atoms with van der Waals surface area (Å²) in [5, 5.41) is 13.3. The van der Waals surface area contributed by atoms with Crippen LogP contribution in [0.5, 0.6) is 0 Å². The highest BCUT2D eigenvalue weighted by Crippen LogP contribution is 2.20. The second kappa shape index (κ2) is 8.02. The van der Waals surface area contributed by atoms with Crippen LogP contribution in [0.2, 0.25) is 0 Å². The molecular formula is C14H15N3O4S2. The van der Waals surface area contributed by atoms with Gasteiger partial charge in [-0.25, -0.2) is 0 Å². The van der Waals surface area contributed by atoms with Crippen LogP contribution in [0.3, 0.4) is 0 Å². The van der Waals surface area contributed by atoms with Crippen LogP contribution in [0, 0.1) is 10.1 Å². The molecule has 1 aromatic rings. The minimum Gasteiger partial charge on any atom is -0.326 e. The van der Waals surface area contributed by atoms with E-state index in [0.717, 1.165) is 0 Å². The van der Waals surface area contributed by atoms with Crippen LogP contribution in [-0.2, 0) is 9.59 Å². The number of hydrogen-bond donors (Lipinski definition) is 1. The number of thiocarbonyl (C=S) groups is 1. The summed E-state index contributed by atoms with van der Waals surface area (Å²) in [4.78, 5) is 35.1. The predicted octanol–water partition coefficient (Wildman–Crippen LogP) is 2.56. The third-order valence-electron chi connectivity index (χ3n) is 3.22. The molecule has 0 atom stereocenters. The Morgan fingerprint density at radius 2 is 2.22 bits per heavy atom. The van der Waals surface area contributed by atoms with E-state index in [1.165, 1.54) is 30.0 Å². The van der Waals surface area contributed by atoms with Crippen LogP contribution in [0.15, 0.2) is 24.3 Å². The third kappa shape index (κ3) is 5.00. The van der Waals surface area contributed by atoms with Gasteiger partial charge in [-0.1, -0.05) is 30.0 Å². The van der Waals surface area contributed by atoms with Crippen molar-refractivity contribution in [2.24, 2.45) is 0 Å². The highest BCUT2D eigenvalue weighted by molar-refractivity contribution is 8.23. The Bertz CT molecular complexity index is 635. The van der Waals surface area contributed by atoms with E-state index in [2.05, 4.69) is 5.32 Å². The summed E-state index contributed by atoms with van der Waals surface area (Å²) in [5.74, 6) is 0.197. The van der Waals surface area contributed by atoms with Crippen molar-refractivity contribution >= 4 is 51.5 Å². The lowest BCUT2D eigenvalue weighted by molar-refractivity contribution is -0.384. The molecule has 1 saturated heterocycles. The maximum atomic E-state index is 11.8. The number of amides is 2. The number of carbonyl (C=O) groups is 2. The number of benzene rings is 1. The first kappa shape index (κ1) is 17.4. The quantitative estimate of drug-likeness (QED) is 0.350. The van der Waals surface area contributed by atoms with Gasteiger partial charge in [-0.05, 0) is 18.9 Å². The Hall–Kier alpha value is -2.00. The maximum Gasteiger partial charge on any atom is 0.271 e. The van der Waals surface area contributed by atoms with Gasteiger partial charge in [-0.3, -0.25) is 24.6 Å². The van der Waals surface area contributed by atoms with Gasteiger partial charge >= 0.3 is 0 Å². The summed E-state index contributed by atoms with van der Waals surface area (Å²) in [6.45, 7) is 0.523. The van der Waals surface area contributed by atoms with Crippen molar-refractivity contribution in [1.82, 2.24) is 4.90 Å². The Labute approximate surface area is 142 Å². The van der Waals surface area contributed by atoms with Crippen molar-refractivity contribution in [3.05, 3.63) is 34.4 Å². The van der Waals surface area contributed by atoms with Gasteiger partial charge in [0.1, 0.15) is 4.32 Å². The van der Waals surface area contributed by atoms with E-state index in [1.807, 2.05) is 0 Å². The molecule has 2 rings (SSSR count). The molecule has 2 amide bonds. The molecule has 1 aromatic carbocycles. The molecule has 0 radical (unpaired) electrons. The van der Waals surface area contributed by atoms with Crippen LogP contribution < -0.4 is 5.32 Å². The number of non-ortho nitro benzene ring substituents is 1. The first-order chi connectivity index (χ1) is 11.0. The minimum atomic E-state index is -0.510. The smallest absolute Gasteiger partial charge is 0.271 e. The zero-order valence-corrected chi connectivity index (χ0v) is 13.8. The molecular weight excluding hydrogens is 338 g/mol. The van der Waals surface area contributed by atoms with Crippen molar-refractivity contribution in [3.63, 3.8) is 0 Å². The standard InChI is InChI=1S/C14H15N3O4S2/c18-12(15-10-4-3-5-11(8-10)17(20)21)6-1-2-7-16-13(19)9-23-14(16)22/h3-5,8H,1-2,6-7,9H2,(H,15,18). The SMILES string of the molecule is O=C(CCCCN1C(=O)CSC1=S)Nc1cccc([N+](=O)[O-])c1. The van der Waals surface area contributed by atoms with Crippen LogP contribution in [-0.4, -0.2) is 38.3 Å². The molecule has 0 aliphatic carbocycles. The normalized spacial score (nSPS) is 14.2.